The van der Waals surface area contributed by atoms with Gasteiger partial charge in [0.15, 0.2) is 5.96 Å². The Morgan fingerprint density at radius 2 is 2.10 bits per heavy atom. The van der Waals surface area contributed by atoms with E-state index in [-0.39, 0.29) is 11.9 Å². The number of likely N-dealkylation sites (tertiary alicyclic amines) is 1. The Morgan fingerprint density at radius 1 is 1.27 bits per heavy atom. The second-order valence-corrected chi connectivity index (χ2v) is 8.99. The van der Waals surface area contributed by atoms with Crippen molar-refractivity contribution in [1.29, 1.82) is 0 Å². The van der Waals surface area contributed by atoms with E-state index < -0.39 is 0 Å². The predicted molar refractivity (Wildman–Crippen MR) is 123 cm³/mol. The lowest BCUT2D eigenvalue weighted by molar-refractivity contribution is -0.0721. The quantitative estimate of drug-likeness (QED) is 0.358. The summed E-state index contributed by atoms with van der Waals surface area (Å²) >= 11 is 1.72. The Bertz CT molecular complexity index is 647. The molecule has 2 aliphatic heterocycles. The molecule has 1 atom stereocenters. The highest BCUT2D eigenvalue weighted by atomic mass is 32.2. The van der Waals surface area contributed by atoms with Gasteiger partial charge in [0.05, 0.1) is 25.4 Å². The van der Waals surface area contributed by atoms with E-state index in [0.717, 1.165) is 75.9 Å². The molecule has 5 nitrogen and oxygen atoms in total. The Kier molecular flexibility index (Phi) is 10.3. The van der Waals surface area contributed by atoms with Gasteiger partial charge in [-0.2, -0.15) is 11.8 Å². The minimum absolute atomic E-state index is 0.123. The van der Waals surface area contributed by atoms with Crippen LogP contribution in [0.1, 0.15) is 44.6 Å². The SMILES string of the molecule is CCNC(=NCCSCc1ccccc1F)N1CCC(OCC2CCCCO2)CC1. The van der Waals surface area contributed by atoms with Gasteiger partial charge in [-0.25, -0.2) is 4.39 Å². The Balaban J connectivity index is 1.36. The molecule has 1 unspecified atom stereocenters. The third-order valence-electron chi connectivity index (χ3n) is 5.58. The molecule has 1 N–H and O–H groups in total. The molecule has 7 heteroatoms. The average molecular weight is 438 g/mol. The summed E-state index contributed by atoms with van der Waals surface area (Å²) in [6, 6.07) is 6.99. The first-order valence-electron chi connectivity index (χ1n) is 11.3. The van der Waals surface area contributed by atoms with Gasteiger partial charge in [0.1, 0.15) is 5.82 Å². The number of thioether (sulfide) groups is 1. The van der Waals surface area contributed by atoms with Crippen molar-refractivity contribution in [3.8, 4) is 0 Å². The smallest absolute Gasteiger partial charge is 0.193 e. The normalized spacial score (nSPS) is 21.1. The van der Waals surface area contributed by atoms with Gasteiger partial charge in [-0.1, -0.05) is 18.2 Å². The Hall–Kier alpha value is -1.31. The first-order valence-corrected chi connectivity index (χ1v) is 12.5. The van der Waals surface area contributed by atoms with E-state index in [2.05, 4.69) is 17.1 Å². The highest BCUT2D eigenvalue weighted by Crippen LogP contribution is 2.18. The third-order valence-corrected chi connectivity index (χ3v) is 6.57. The van der Waals surface area contributed by atoms with Crippen molar-refractivity contribution in [2.24, 2.45) is 4.99 Å². The van der Waals surface area contributed by atoms with Gasteiger partial charge in [-0.15, -0.1) is 0 Å². The Morgan fingerprint density at radius 3 is 2.83 bits per heavy atom. The molecule has 2 heterocycles. The van der Waals surface area contributed by atoms with Crippen LogP contribution in [0.2, 0.25) is 0 Å². The van der Waals surface area contributed by atoms with Crippen molar-refractivity contribution < 1.29 is 13.9 Å². The maximum Gasteiger partial charge on any atom is 0.193 e. The highest BCUT2D eigenvalue weighted by Gasteiger charge is 2.23. The number of hydrogen-bond donors (Lipinski definition) is 1. The van der Waals surface area contributed by atoms with Crippen molar-refractivity contribution in [2.45, 2.75) is 57.0 Å². The molecule has 168 valence electrons. The Labute approximate surface area is 184 Å². The second-order valence-electron chi connectivity index (χ2n) is 7.89. The third kappa shape index (κ3) is 7.75. The number of aliphatic imine (C=N–C) groups is 1. The van der Waals surface area contributed by atoms with Gasteiger partial charge < -0.3 is 19.7 Å². The maximum absolute atomic E-state index is 13.7. The molecule has 0 aromatic heterocycles. The molecule has 0 spiro atoms. The fourth-order valence-corrected chi connectivity index (χ4v) is 4.67. The summed E-state index contributed by atoms with van der Waals surface area (Å²) in [7, 11) is 0. The van der Waals surface area contributed by atoms with E-state index in [4.69, 9.17) is 14.5 Å². The van der Waals surface area contributed by atoms with E-state index >= 15 is 0 Å². The number of nitrogens with one attached hydrogen (secondary N) is 1. The molecule has 30 heavy (non-hydrogen) atoms. The lowest BCUT2D eigenvalue weighted by Gasteiger charge is -2.35. The summed E-state index contributed by atoms with van der Waals surface area (Å²) in [6.07, 6.45) is 6.24. The topological polar surface area (TPSA) is 46.1 Å². The maximum atomic E-state index is 13.7. The van der Waals surface area contributed by atoms with E-state index in [1.165, 1.54) is 18.9 Å². The van der Waals surface area contributed by atoms with Crippen LogP contribution in [0, 0.1) is 5.82 Å². The monoisotopic (exact) mass is 437 g/mol. The van der Waals surface area contributed by atoms with Crippen LogP contribution in [-0.4, -0.2) is 68.2 Å². The van der Waals surface area contributed by atoms with Gasteiger partial charge in [0.25, 0.3) is 0 Å². The van der Waals surface area contributed by atoms with Crippen LogP contribution in [0.15, 0.2) is 29.3 Å². The number of hydrogen-bond acceptors (Lipinski definition) is 4. The molecular formula is C23H36FN3O2S. The van der Waals surface area contributed by atoms with Gasteiger partial charge in [-0.3, -0.25) is 4.99 Å². The van der Waals surface area contributed by atoms with E-state index in [9.17, 15) is 4.39 Å². The number of guanidine groups is 1. The minimum Gasteiger partial charge on any atom is -0.376 e. The number of halogens is 1. The van der Waals surface area contributed by atoms with Crippen LogP contribution >= 0.6 is 11.8 Å². The number of rotatable bonds is 9. The minimum atomic E-state index is -0.123. The molecule has 0 aliphatic carbocycles. The molecule has 0 amide bonds. The van der Waals surface area contributed by atoms with Crippen molar-refractivity contribution in [3.63, 3.8) is 0 Å². The summed E-state index contributed by atoms with van der Waals surface area (Å²) in [5, 5.41) is 3.41. The van der Waals surface area contributed by atoms with Crippen molar-refractivity contribution in [3.05, 3.63) is 35.6 Å². The fraction of sp³-hybridized carbons (Fsp3) is 0.696. The summed E-state index contributed by atoms with van der Waals surface area (Å²) in [5.74, 6) is 2.43. The highest BCUT2D eigenvalue weighted by molar-refractivity contribution is 7.98. The fourth-order valence-electron chi connectivity index (χ4n) is 3.86. The summed E-state index contributed by atoms with van der Waals surface area (Å²) in [6.45, 7) is 7.23. The van der Waals surface area contributed by atoms with Crippen LogP contribution < -0.4 is 5.32 Å². The molecular weight excluding hydrogens is 401 g/mol. The van der Waals surface area contributed by atoms with Gasteiger partial charge >= 0.3 is 0 Å². The van der Waals surface area contributed by atoms with E-state index in [1.807, 2.05) is 12.1 Å². The van der Waals surface area contributed by atoms with Gasteiger partial charge in [0, 0.05) is 37.7 Å². The zero-order chi connectivity index (χ0) is 21.0. The van der Waals surface area contributed by atoms with Gasteiger partial charge in [-0.05, 0) is 50.7 Å². The zero-order valence-corrected chi connectivity index (χ0v) is 19.0. The average Bonchev–Trinajstić information content (AvgIpc) is 2.79. The first kappa shape index (κ1) is 23.4. The number of benzene rings is 1. The van der Waals surface area contributed by atoms with Crippen molar-refractivity contribution in [1.82, 2.24) is 10.2 Å². The molecule has 2 fully saturated rings. The molecule has 2 aliphatic rings. The van der Waals surface area contributed by atoms with E-state index in [0.29, 0.717) is 11.9 Å². The van der Waals surface area contributed by atoms with Crippen LogP contribution in [0.3, 0.4) is 0 Å². The second kappa shape index (κ2) is 13.2. The summed E-state index contributed by atoms with van der Waals surface area (Å²) in [5.41, 5.74) is 0.763. The molecule has 0 saturated carbocycles. The van der Waals surface area contributed by atoms with Crippen LogP contribution in [0.25, 0.3) is 0 Å². The largest absolute Gasteiger partial charge is 0.376 e. The van der Waals surface area contributed by atoms with Crippen LogP contribution in [-0.2, 0) is 15.2 Å². The number of ether oxygens (including phenoxy) is 2. The van der Waals surface area contributed by atoms with Crippen molar-refractivity contribution in [2.75, 3.05) is 45.1 Å². The van der Waals surface area contributed by atoms with Crippen molar-refractivity contribution >= 4 is 17.7 Å². The summed E-state index contributed by atoms with van der Waals surface area (Å²) < 4.78 is 25.6. The standard InChI is InChI=1S/C23H36FN3O2S/c1-2-25-23(26-12-16-30-18-19-7-3-4-9-22(19)24)27-13-10-20(11-14-27)29-17-21-8-5-6-15-28-21/h3-4,7,9,20-21H,2,5-6,8,10-18H2,1H3,(H,25,26). The molecule has 2 saturated heterocycles. The number of piperidine rings is 1. The zero-order valence-electron chi connectivity index (χ0n) is 18.2. The summed E-state index contributed by atoms with van der Waals surface area (Å²) in [4.78, 5) is 7.13. The molecule has 3 rings (SSSR count). The van der Waals surface area contributed by atoms with Crippen LogP contribution in [0.5, 0.6) is 0 Å². The van der Waals surface area contributed by atoms with Gasteiger partial charge in [0.2, 0.25) is 0 Å². The van der Waals surface area contributed by atoms with E-state index in [1.54, 1.807) is 17.8 Å². The van der Waals surface area contributed by atoms with Crippen LogP contribution in [0.4, 0.5) is 4.39 Å². The predicted octanol–water partition coefficient (Wildman–Crippen LogP) is 4.07. The lowest BCUT2D eigenvalue weighted by atomic mass is 10.1. The molecule has 1 aromatic rings. The first-order chi connectivity index (χ1) is 14.8. The molecule has 0 bridgehead atoms. The molecule has 1 aromatic carbocycles. The molecule has 0 radical (unpaired) electrons. The lowest BCUT2D eigenvalue weighted by Crippen LogP contribution is -2.47. The number of nitrogens with zero attached hydrogens (tertiary/aromatic N) is 2.